The maximum atomic E-state index is 9.79. The largest absolute Gasteiger partial charge is 0.495 e. The molecule has 0 heterocycles. The standard InChI is InChI=1S/C13H15ClO3/c1-13(2,16)7-6-11(15)9-4-5-12(17-3)10(14)8-9/h4-5,8,11,15-16H,1-3H3. The first-order valence-corrected chi connectivity index (χ1v) is 5.48. The number of ether oxygens (including phenoxy) is 1. The first-order chi connectivity index (χ1) is 7.83. The van der Waals surface area contributed by atoms with Crippen molar-refractivity contribution in [3.05, 3.63) is 28.8 Å². The van der Waals surface area contributed by atoms with Gasteiger partial charge in [-0.1, -0.05) is 29.5 Å². The SMILES string of the molecule is COc1ccc(C(O)C#CC(C)(C)O)cc1Cl. The van der Waals surface area contributed by atoms with Gasteiger partial charge in [0, 0.05) is 0 Å². The Balaban J connectivity index is 2.93. The number of rotatable bonds is 2. The van der Waals surface area contributed by atoms with Gasteiger partial charge in [0.1, 0.15) is 17.5 Å². The average molecular weight is 255 g/mol. The molecular formula is C13H15ClO3. The first-order valence-electron chi connectivity index (χ1n) is 5.10. The van der Waals surface area contributed by atoms with E-state index in [0.29, 0.717) is 16.3 Å². The minimum absolute atomic E-state index is 0.411. The summed E-state index contributed by atoms with van der Waals surface area (Å²) in [5.74, 6) is 5.65. The molecule has 1 atom stereocenters. The summed E-state index contributed by atoms with van der Waals surface area (Å²) < 4.78 is 5.00. The van der Waals surface area contributed by atoms with Crippen LogP contribution in [-0.2, 0) is 0 Å². The highest BCUT2D eigenvalue weighted by atomic mass is 35.5. The number of aliphatic hydroxyl groups excluding tert-OH is 1. The zero-order valence-electron chi connectivity index (χ0n) is 9.99. The Hall–Kier alpha value is -1.21. The van der Waals surface area contributed by atoms with E-state index in [-0.39, 0.29) is 0 Å². The van der Waals surface area contributed by atoms with E-state index in [1.165, 1.54) is 7.11 Å². The lowest BCUT2D eigenvalue weighted by Crippen LogP contribution is -2.15. The second-order valence-corrected chi connectivity index (χ2v) is 4.53. The van der Waals surface area contributed by atoms with Crippen LogP contribution >= 0.6 is 11.6 Å². The van der Waals surface area contributed by atoms with E-state index in [2.05, 4.69) is 11.8 Å². The van der Waals surface area contributed by atoms with Crippen molar-refractivity contribution in [1.82, 2.24) is 0 Å². The molecule has 1 aromatic carbocycles. The summed E-state index contributed by atoms with van der Waals surface area (Å²) in [7, 11) is 1.52. The van der Waals surface area contributed by atoms with Crippen LogP contribution in [0.5, 0.6) is 5.75 Å². The summed E-state index contributed by atoms with van der Waals surface area (Å²) in [5.41, 5.74) is -0.565. The van der Waals surface area contributed by atoms with Crippen LogP contribution in [0.3, 0.4) is 0 Å². The molecule has 0 aliphatic rings. The summed E-state index contributed by atoms with van der Waals surface area (Å²) in [6.07, 6.45) is -0.982. The van der Waals surface area contributed by atoms with Crippen LogP contribution in [0.1, 0.15) is 25.5 Å². The minimum atomic E-state index is -1.13. The topological polar surface area (TPSA) is 49.7 Å². The van der Waals surface area contributed by atoms with Gasteiger partial charge in [0.05, 0.1) is 12.1 Å². The number of hydrogen-bond donors (Lipinski definition) is 2. The van der Waals surface area contributed by atoms with E-state index < -0.39 is 11.7 Å². The molecule has 0 radical (unpaired) electrons. The second kappa shape index (κ2) is 5.42. The molecule has 1 aromatic rings. The lowest BCUT2D eigenvalue weighted by Gasteiger charge is -2.09. The third kappa shape index (κ3) is 4.27. The van der Waals surface area contributed by atoms with Gasteiger partial charge >= 0.3 is 0 Å². The van der Waals surface area contributed by atoms with Crippen molar-refractivity contribution in [2.75, 3.05) is 7.11 Å². The van der Waals surface area contributed by atoms with E-state index in [1.807, 2.05) is 0 Å². The number of methoxy groups -OCH3 is 1. The molecule has 3 nitrogen and oxygen atoms in total. The van der Waals surface area contributed by atoms with Gasteiger partial charge in [0.25, 0.3) is 0 Å². The van der Waals surface area contributed by atoms with Gasteiger partial charge in [-0.05, 0) is 31.5 Å². The minimum Gasteiger partial charge on any atom is -0.495 e. The van der Waals surface area contributed by atoms with Gasteiger partial charge < -0.3 is 14.9 Å². The van der Waals surface area contributed by atoms with Crippen LogP contribution in [0.2, 0.25) is 5.02 Å². The Labute approximate surface area is 106 Å². The molecule has 0 bridgehead atoms. The smallest absolute Gasteiger partial charge is 0.140 e. The van der Waals surface area contributed by atoms with Crippen molar-refractivity contribution in [3.8, 4) is 17.6 Å². The molecule has 1 rings (SSSR count). The molecular weight excluding hydrogens is 240 g/mol. The fourth-order valence-electron chi connectivity index (χ4n) is 1.18. The van der Waals surface area contributed by atoms with Crippen molar-refractivity contribution in [2.45, 2.75) is 25.6 Å². The molecule has 0 aliphatic carbocycles. The van der Waals surface area contributed by atoms with Crippen molar-refractivity contribution >= 4 is 11.6 Å². The first kappa shape index (κ1) is 13.9. The fraction of sp³-hybridized carbons (Fsp3) is 0.385. The average Bonchev–Trinajstić information content (AvgIpc) is 2.24. The summed E-state index contributed by atoms with van der Waals surface area (Å²) in [4.78, 5) is 0. The van der Waals surface area contributed by atoms with Gasteiger partial charge in [-0.2, -0.15) is 0 Å². The van der Waals surface area contributed by atoms with E-state index >= 15 is 0 Å². The highest BCUT2D eigenvalue weighted by Gasteiger charge is 2.10. The maximum absolute atomic E-state index is 9.79. The molecule has 0 amide bonds. The molecule has 0 fully saturated rings. The molecule has 4 heteroatoms. The quantitative estimate of drug-likeness (QED) is 0.796. The van der Waals surface area contributed by atoms with E-state index in [4.69, 9.17) is 16.3 Å². The number of benzene rings is 1. The van der Waals surface area contributed by atoms with E-state index in [9.17, 15) is 10.2 Å². The molecule has 0 spiro atoms. The summed E-state index contributed by atoms with van der Waals surface area (Å²) in [6, 6.07) is 4.92. The molecule has 1 unspecified atom stereocenters. The molecule has 2 N–H and O–H groups in total. The Bertz CT molecular complexity index is 452. The molecule has 0 saturated heterocycles. The predicted molar refractivity (Wildman–Crippen MR) is 67.0 cm³/mol. The van der Waals surface area contributed by atoms with Crippen LogP contribution in [0, 0.1) is 11.8 Å². The molecule has 92 valence electrons. The zero-order valence-corrected chi connectivity index (χ0v) is 10.7. The van der Waals surface area contributed by atoms with Crippen molar-refractivity contribution < 1.29 is 14.9 Å². The van der Waals surface area contributed by atoms with Gasteiger partial charge in [-0.15, -0.1) is 0 Å². The van der Waals surface area contributed by atoms with Crippen molar-refractivity contribution in [3.63, 3.8) is 0 Å². The third-order valence-corrected chi connectivity index (χ3v) is 2.30. The Kier molecular flexibility index (Phi) is 4.41. The second-order valence-electron chi connectivity index (χ2n) is 4.12. The predicted octanol–water partition coefficient (Wildman–Crippen LogP) is 2.16. The Morgan fingerprint density at radius 1 is 1.41 bits per heavy atom. The normalized spacial score (nSPS) is 12.6. The zero-order chi connectivity index (χ0) is 13.1. The van der Waals surface area contributed by atoms with Crippen LogP contribution < -0.4 is 4.74 Å². The van der Waals surface area contributed by atoms with Gasteiger partial charge in [0.15, 0.2) is 0 Å². The number of halogens is 1. The van der Waals surface area contributed by atoms with Crippen LogP contribution in [0.25, 0.3) is 0 Å². The Morgan fingerprint density at radius 2 is 2.06 bits per heavy atom. The van der Waals surface area contributed by atoms with Crippen LogP contribution in [0.4, 0.5) is 0 Å². The third-order valence-electron chi connectivity index (χ3n) is 2.01. The highest BCUT2D eigenvalue weighted by molar-refractivity contribution is 6.32. The molecule has 0 aliphatic heterocycles. The van der Waals surface area contributed by atoms with Gasteiger partial charge in [-0.3, -0.25) is 0 Å². The number of aliphatic hydroxyl groups is 2. The van der Waals surface area contributed by atoms with Gasteiger partial charge in [-0.25, -0.2) is 0 Å². The maximum Gasteiger partial charge on any atom is 0.140 e. The Morgan fingerprint density at radius 3 is 2.53 bits per heavy atom. The summed E-state index contributed by atoms with van der Waals surface area (Å²) in [5, 5.41) is 19.6. The van der Waals surface area contributed by atoms with Crippen molar-refractivity contribution in [2.24, 2.45) is 0 Å². The lowest BCUT2D eigenvalue weighted by atomic mass is 10.1. The number of hydrogen-bond acceptors (Lipinski definition) is 3. The molecule has 0 aromatic heterocycles. The summed E-state index contributed by atoms with van der Waals surface area (Å²) >= 11 is 5.93. The fourth-order valence-corrected chi connectivity index (χ4v) is 1.45. The van der Waals surface area contributed by atoms with Gasteiger partial charge in [0.2, 0.25) is 0 Å². The van der Waals surface area contributed by atoms with Crippen molar-refractivity contribution in [1.29, 1.82) is 0 Å². The molecule has 17 heavy (non-hydrogen) atoms. The van der Waals surface area contributed by atoms with Crippen LogP contribution in [-0.4, -0.2) is 22.9 Å². The van der Waals surface area contributed by atoms with E-state index in [0.717, 1.165) is 0 Å². The lowest BCUT2D eigenvalue weighted by molar-refractivity contribution is 0.142. The monoisotopic (exact) mass is 254 g/mol. The molecule has 0 saturated carbocycles. The summed E-state index contributed by atoms with van der Waals surface area (Å²) in [6.45, 7) is 3.10. The highest BCUT2D eigenvalue weighted by Crippen LogP contribution is 2.27. The van der Waals surface area contributed by atoms with Crippen LogP contribution in [0.15, 0.2) is 18.2 Å². The van der Waals surface area contributed by atoms with E-state index in [1.54, 1.807) is 32.0 Å².